The van der Waals surface area contributed by atoms with Gasteiger partial charge in [-0.3, -0.25) is 9.59 Å². The Kier molecular flexibility index (Phi) is 6.86. The molecule has 2 amide bonds. The average molecular weight is 537 g/mol. The minimum Gasteiger partial charge on any atom is -0.339 e. The Bertz CT molecular complexity index is 1420. The van der Waals surface area contributed by atoms with Crippen LogP contribution in [-0.4, -0.2) is 44.5 Å². The van der Waals surface area contributed by atoms with Gasteiger partial charge >= 0.3 is 0 Å². The number of anilines is 1. The van der Waals surface area contributed by atoms with Gasteiger partial charge in [0.1, 0.15) is 0 Å². The summed E-state index contributed by atoms with van der Waals surface area (Å²) in [6.45, 7) is 1.21. The molecule has 0 unspecified atom stereocenters. The van der Waals surface area contributed by atoms with Crippen molar-refractivity contribution in [3.63, 3.8) is 0 Å². The zero-order valence-corrected chi connectivity index (χ0v) is 22.2. The van der Waals surface area contributed by atoms with E-state index in [1.165, 1.54) is 17.7 Å². The molecule has 8 heteroatoms. The molecule has 1 saturated heterocycles. The molecule has 0 atom stereocenters. The monoisotopic (exact) mass is 536 g/mol. The van der Waals surface area contributed by atoms with Crippen LogP contribution in [0.15, 0.2) is 77.7 Å². The molecule has 3 aromatic carbocycles. The van der Waals surface area contributed by atoms with Gasteiger partial charge in [-0.05, 0) is 85.2 Å². The molecule has 5 rings (SSSR count). The lowest BCUT2D eigenvalue weighted by Crippen LogP contribution is -2.38. The molecule has 1 aliphatic carbocycles. The highest BCUT2D eigenvalue weighted by Gasteiger charge is 2.51. The first-order chi connectivity index (χ1) is 17.7. The first-order valence-electron chi connectivity index (χ1n) is 12.4. The molecule has 1 saturated carbocycles. The Balaban J connectivity index is 1.18. The zero-order chi connectivity index (χ0) is 26.2. The van der Waals surface area contributed by atoms with Crippen LogP contribution in [-0.2, 0) is 20.0 Å². The maximum atomic E-state index is 13.0. The van der Waals surface area contributed by atoms with Crippen molar-refractivity contribution in [1.29, 1.82) is 0 Å². The van der Waals surface area contributed by atoms with Crippen LogP contribution in [0.2, 0.25) is 5.02 Å². The summed E-state index contributed by atoms with van der Waals surface area (Å²) in [7, 11) is -3.37. The number of amides is 2. The van der Waals surface area contributed by atoms with E-state index in [9.17, 15) is 18.0 Å². The second-order valence-electron chi connectivity index (χ2n) is 10.0. The molecule has 1 heterocycles. The summed E-state index contributed by atoms with van der Waals surface area (Å²) < 4.78 is 23.7. The predicted octanol–water partition coefficient (Wildman–Crippen LogP) is 5.43. The highest BCUT2D eigenvalue weighted by molar-refractivity contribution is 7.90. The topological polar surface area (TPSA) is 83.6 Å². The van der Waals surface area contributed by atoms with Gasteiger partial charge in [-0.1, -0.05) is 41.9 Å². The lowest BCUT2D eigenvalue weighted by atomic mass is 9.89. The minimum absolute atomic E-state index is 0.00864. The number of nitrogens with zero attached hydrogens (tertiary/aromatic N) is 1. The number of hydrogen-bond donors (Lipinski definition) is 1. The van der Waals surface area contributed by atoms with Crippen LogP contribution in [0.25, 0.3) is 0 Å². The molecule has 3 aromatic rings. The molecule has 37 heavy (non-hydrogen) atoms. The van der Waals surface area contributed by atoms with E-state index >= 15 is 0 Å². The first kappa shape index (κ1) is 25.5. The predicted molar refractivity (Wildman–Crippen MR) is 145 cm³/mol. The fraction of sp³-hybridized carbons (Fsp3) is 0.310. The van der Waals surface area contributed by atoms with Gasteiger partial charge < -0.3 is 10.2 Å². The Morgan fingerprint density at radius 2 is 1.59 bits per heavy atom. The van der Waals surface area contributed by atoms with E-state index < -0.39 is 15.3 Å². The zero-order valence-electron chi connectivity index (χ0n) is 20.6. The van der Waals surface area contributed by atoms with E-state index in [2.05, 4.69) is 17.4 Å². The van der Waals surface area contributed by atoms with Crippen molar-refractivity contribution >= 4 is 38.9 Å². The number of sulfone groups is 1. The number of likely N-dealkylation sites (tertiary alicyclic amines) is 1. The summed E-state index contributed by atoms with van der Waals surface area (Å²) >= 11 is 6.00. The van der Waals surface area contributed by atoms with Gasteiger partial charge in [0.2, 0.25) is 5.91 Å². The number of rotatable bonds is 6. The Morgan fingerprint density at radius 3 is 2.19 bits per heavy atom. The summed E-state index contributed by atoms with van der Waals surface area (Å²) in [5.41, 5.74) is 2.88. The number of nitrogens with one attached hydrogen (secondary N) is 1. The van der Waals surface area contributed by atoms with Gasteiger partial charge in [0.15, 0.2) is 9.84 Å². The van der Waals surface area contributed by atoms with Crippen molar-refractivity contribution < 1.29 is 18.0 Å². The molecule has 0 bridgehead atoms. The van der Waals surface area contributed by atoms with Crippen molar-refractivity contribution in [3.05, 3.63) is 94.5 Å². The number of carbonyl (C=O) groups excluding carboxylic acids is 2. The van der Waals surface area contributed by atoms with E-state index in [1.807, 2.05) is 36.4 Å². The lowest BCUT2D eigenvalue weighted by molar-refractivity contribution is -0.118. The van der Waals surface area contributed by atoms with Gasteiger partial charge in [0, 0.05) is 35.6 Å². The highest BCUT2D eigenvalue weighted by atomic mass is 35.5. The van der Waals surface area contributed by atoms with Crippen LogP contribution < -0.4 is 5.32 Å². The number of piperidine rings is 1. The van der Waals surface area contributed by atoms with Crippen molar-refractivity contribution in [2.24, 2.45) is 0 Å². The maximum absolute atomic E-state index is 13.0. The highest BCUT2D eigenvalue weighted by Crippen LogP contribution is 2.49. The van der Waals surface area contributed by atoms with E-state index in [4.69, 9.17) is 11.6 Å². The van der Waals surface area contributed by atoms with Gasteiger partial charge in [-0.25, -0.2) is 8.42 Å². The molecule has 1 aliphatic heterocycles. The first-order valence-corrected chi connectivity index (χ1v) is 14.7. The van der Waals surface area contributed by atoms with Crippen molar-refractivity contribution in [2.45, 2.75) is 41.9 Å². The molecular weight excluding hydrogens is 508 g/mol. The fourth-order valence-electron chi connectivity index (χ4n) is 5.09. The van der Waals surface area contributed by atoms with Gasteiger partial charge in [0.25, 0.3) is 5.91 Å². The summed E-state index contributed by atoms with van der Waals surface area (Å²) in [6, 6.07) is 21.7. The van der Waals surface area contributed by atoms with Crippen molar-refractivity contribution in [3.8, 4) is 0 Å². The SMILES string of the molecule is CS(=O)(=O)c1cccc(C(=O)N2CCC(c3ccc(NC(=O)C4(c5ccc(Cl)cc5)CC4)cc3)CC2)c1. The van der Waals surface area contributed by atoms with E-state index in [0.29, 0.717) is 29.6 Å². The van der Waals surface area contributed by atoms with Crippen LogP contribution in [0, 0.1) is 0 Å². The largest absolute Gasteiger partial charge is 0.339 e. The Labute approximate surface area is 222 Å². The Morgan fingerprint density at radius 1 is 0.946 bits per heavy atom. The molecule has 0 radical (unpaired) electrons. The average Bonchev–Trinajstić information content (AvgIpc) is 3.71. The van der Waals surface area contributed by atoms with Gasteiger partial charge in [0.05, 0.1) is 10.3 Å². The van der Waals surface area contributed by atoms with Crippen molar-refractivity contribution in [1.82, 2.24) is 4.90 Å². The van der Waals surface area contributed by atoms with E-state index in [0.717, 1.165) is 43.2 Å². The molecule has 0 aromatic heterocycles. The molecular formula is C29H29ClN2O4S. The summed E-state index contributed by atoms with van der Waals surface area (Å²) in [4.78, 5) is 27.9. The van der Waals surface area contributed by atoms with E-state index in [-0.39, 0.29) is 16.7 Å². The smallest absolute Gasteiger partial charge is 0.253 e. The summed E-state index contributed by atoms with van der Waals surface area (Å²) in [5.74, 6) is 0.186. The third kappa shape index (κ3) is 5.43. The van der Waals surface area contributed by atoms with Crippen LogP contribution in [0.4, 0.5) is 5.69 Å². The second kappa shape index (κ2) is 9.95. The maximum Gasteiger partial charge on any atom is 0.253 e. The van der Waals surface area contributed by atoms with Crippen LogP contribution in [0.5, 0.6) is 0 Å². The fourth-order valence-corrected chi connectivity index (χ4v) is 5.88. The number of benzene rings is 3. The Hall–Kier alpha value is -3.16. The normalized spacial score (nSPS) is 17.3. The molecule has 2 aliphatic rings. The van der Waals surface area contributed by atoms with Crippen LogP contribution in [0.1, 0.15) is 53.1 Å². The van der Waals surface area contributed by atoms with Gasteiger partial charge in [-0.15, -0.1) is 0 Å². The third-order valence-corrected chi connectivity index (χ3v) is 8.87. The number of carbonyl (C=O) groups is 2. The summed E-state index contributed by atoms with van der Waals surface area (Å²) in [5, 5.41) is 3.73. The summed E-state index contributed by atoms with van der Waals surface area (Å²) in [6.07, 6.45) is 4.44. The van der Waals surface area contributed by atoms with Crippen molar-refractivity contribution in [2.75, 3.05) is 24.7 Å². The van der Waals surface area contributed by atoms with Gasteiger partial charge in [-0.2, -0.15) is 0 Å². The number of hydrogen-bond acceptors (Lipinski definition) is 4. The van der Waals surface area contributed by atoms with E-state index in [1.54, 1.807) is 17.0 Å². The molecule has 192 valence electrons. The molecule has 1 N–H and O–H groups in total. The molecule has 2 fully saturated rings. The molecule has 0 spiro atoms. The minimum atomic E-state index is -3.37. The van der Waals surface area contributed by atoms with Crippen LogP contribution >= 0.6 is 11.6 Å². The van der Waals surface area contributed by atoms with Crippen LogP contribution in [0.3, 0.4) is 0 Å². The second-order valence-corrected chi connectivity index (χ2v) is 12.5. The standard InChI is InChI=1S/C29H29ClN2O4S/c1-37(35,36)26-4-2-3-22(19-26)27(33)32-17-13-21(14-18-32)20-5-11-25(12-6-20)31-28(34)29(15-16-29)23-7-9-24(30)10-8-23/h2-12,19,21H,13-18H2,1H3,(H,31,34). The third-order valence-electron chi connectivity index (χ3n) is 7.51. The molecule has 6 nitrogen and oxygen atoms in total. The quantitative estimate of drug-likeness (QED) is 0.455. The lowest BCUT2D eigenvalue weighted by Gasteiger charge is -2.32. The number of halogens is 1.